The number of aromatic nitrogens is 2. The van der Waals surface area contributed by atoms with Crippen LogP contribution in [0, 0.1) is 0 Å². The van der Waals surface area contributed by atoms with Crippen LogP contribution in [0.2, 0.25) is 10.0 Å². The van der Waals surface area contributed by atoms with Gasteiger partial charge in [-0.05, 0) is 121 Å². The predicted octanol–water partition coefficient (Wildman–Crippen LogP) is 9.60. The van der Waals surface area contributed by atoms with E-state index in [9.17, 15) is 19.5 Å². The molecule has 3 N–H and O–H groups in total. The minimum atomic E-state index is -0.485. The lowest BCUT2D eigenvalue weighted by Gasteiger charge is -2.09. The minimum Gasteiger partial charge on any atom is -0.490 e. The molecule has 0 radical (unpaired) electrons. The summed E-state index contributed by atoms with van der Waals surface area (Å²) in [5.74, 6) is 0.731. The Bertz CT molecular complexity index is 2350. The Labute approximate surface area is 354 Å². The average Bonchev–Trinajstić information content (AvgIpc) is 3.94. The van der Waals surface area contributed by atoms with E-state index in [0.29, 0.717) is 52.7 Å². The molecule has 0 saturated heterocycles. The van der Waals surface area contributed by atoms with Crippen molar-refractivity contribution in [3.05, 3.63) is 153 Å². The molecule has 4 aromatic heterocycles. The number of Topliss-reactive ketones (excluding diaryl/α,β-unsaturated/α-hetero) is 1. The summed E-state index contributed by atoms with van der Waals surface area (Å²) in [6, 6.07) is 26.0. The second-order valence-electron chi connectivity index (χ2n) is 12.4. The smallest absolute Gasteiger partial charge is 0.244 e. The first-order valence-corrected chi connectivity index (χ1v) is 20.4. The first-order valence-electron chi connectivity index (χ1n) is 18.0. The zero-order valence-electron chi connectivity index (χ0n) is 31.6. The fraction of sp³-hybridized carbons (Fsp3) is 0.159. The fourth-order valence-electron chi connectivity index (χ4n) is 5.04. The molecule has 0 spiro atoms. The highest BCUT2D eigenvalue weighted by atomic mass is 35.5. The van der Waals surface area contributed by atoms with Crippen molar-refractivity contribution in [1.29, 1.82) is 0 Å². The van der Waals surface area contributed by atoms with E-state index in [-0.39, 0.29) is 17.6 Å². The van der Waals surface area contributed by atoms with Crippen molar-refractivity contribution >= 4 is 75.6 Å². The number of nitrogens with zero attached hydrogens (tertiary/aromatic N) is 2. The van der Waals surface area contributed by atoms with Gasteiger partial charge in [0.25, 0.3) is 0 Å². The maximum Gasteiger partial charge on any atom is 0.244 e. The Kier molecular flexibility index (Phi) is 16.8. The molecule has 0 aliphatic heterocycles. The normalized spacial score (nSPS) is 11.5. The second kappa shape index (κ2) is 22.3. The molecule has 14 heteroatoms. The van der Waals surface area contributed by atoms with Gasteiger partial charge in [-0.1, -0.05) is 35.3 Å². The molecule has 1 unspecified atom stereocenters. The monoisotopic (exact) mass is 854 g/mol. The SMILES string of the molecule is CC(=O)c1ccc(-c2ccc(OCCNC(=O)/C=C/c3cccnc3)c(Cl)c2)s1.CC(O)c1ccc(-c2ccc(OCCNC(=O)/C=C/c3cccnc3)c(Cl)c2)s1. The summed E-state index contributed by atoms with van der Waals surface area (Å²) in [5.41, 5.74) is 3.60. The van der Waals surface area contributed by atoms with Gasteiger partial charge in [-0.3, -0.25) is 24.4 Å². The summed E-state index contributed by atoms with van der Waals surface area (Å²) >= 11 is 15.6. The van der Waals surface area contributed by atoms with Crippen LogP contribution in [-0.4, -0.2) is 59.0 Å². The van der Waals surface area contributed by atoms with Gasteiger partial charge in [-0.2, -0.15) is 0 Å². The third-order valence-corrected chi connectivity index (χ3v) is 11.1. The third kappa shape index (κ3) is 13.8. The quantitative estimate of drug-likeness (QED) is 0.0497. The van der Waals surface area contributed by atoms with Crippen LogP contribution in [0.4, 0.5) is 0 Å². The fourth-order valence-corrected chi connectivity index (χ4v) is 7.35. The molecular weight excluding hydrogens is 816 g/mol. The lowest BCUT2D eigenvalue weighted by molar-refractivity contribution is -0.117. The van der Waals surface area contributed by atoms with Crippen LogP contribution in [0.15, 0.2) is 122 Å². The minimum absolute atomic E-state index is 0.0460. The van der Waals surface area contributed by atoms with Gasteiger partial charge in [-0.15, -0.1) is 22.7 Å². The van der Waals surface area contributed by atoms with Crippen LogP contribution in [0.3, 0.4) is 0 Å². The molecule has 0 fully saturated rings. The van der Waals surface area contributed by atoms with Crippen molar-refractivity contribution < 1.29 is 29.0 Å². The van der Waals surface area contributed by atoms with E-state index in [1.54, 1.807) is 62.9 Å². The molecule has 0 aliphatic carbocycles. The Morgan fingerprint density at radius 1 is 0.724 bits per heavy atom. The standard InChI is InChI=1S/C22H21ClN2O3S.C22H19ClN2O3S/c2*1-15(26)20-7-8-21(29-20)17-5-6-19(18(23)13-17)28-12-11-25-22(27)9-4-16-3-2-10-24-14-16/h2-10,13-15,26H,11-12H2,1H3,(H,25,27);2-10,13-14H,11-12H2,1H3,(H,25,27)/b2*9-4+. The Morgan fingerprint density at radius 2 is 1.22 bits per heavy atom. The lowest BCUT2D eigenvalue weighted by atomic mass is 10.2. The van der Waals surface area contributed by atoms with Gasteiger partial charge in [0, 0.05) is 51.6 Å². The molecule has 10 nitrogen and oxygen atoms in total. The maximum atomic E-state index is 11.8. The molecule has 6 rings (SSSR count). The predicted molar refractivity (Wildman–Crippen MR) is 234 cm³/mol. The number of amides is 2. The number of aliphatic hydroxyl groups is 1. The van der Waals surface area contributed by atoms with Crippen LogP contribution in [-0.2, 0) is 9.59 Å². The van der Waals surface area contributed by atoms with E-state index in [4.69, 9.17) is 32.7 Å². The second-order valence-corrected chi connectivity index (χ2v) is 15.4. The van der Waals surface area contributed by atoms with E-state index in [0.717, 1.165) is 36.9 Å². The summed E-state index contributed by atoms with van der Waals surface area (Å²) in [7, 11) is 0. The van der Waals surface area contributed by atoms with Crippen molar-refractivity contribution in [2.75, 3.05) is 26.3 Å². The Hall–Kier alpha value is -5.63. The molecule has 0 bridgehead atoms. The summed E-state index contributed by atoms with van der Waals surface area (Å²) in [4.78, 5) is 46.7. The number of rotatable bonds is 16. The van der Waals surface area contributed by atoms with E-state index >= 15 is 0 Å². The number of ketones is 1. The largest absolute Gasteiger partial charge is 0.490 e. The van der Waals surface area contributed by atoms with E-state index in [1.807, 2.05) is 72.8 Å². The summed E-state index contributed by atoms with van der Waals surface area (Å²) < 4.78 is 11.3. The highest BCUT2D eigenvalue weighted by Gasteiger charge is 2.11. The number of aliphatic hydroxyl groups excluding tert-OH is 1. The Balaban J connectivity index is 0.000000221. The first kappa shape index (κ1) is 43.5. The number of halogens is 2. The van der Waals surface area contributed by atoms with Crippen molar-refractivity contribution in [3.63, 3.8) is 0 Å². The molecule has 58 heavy (non-hydrogen) atoms. The number of carbonyl (C=O) groups excluding carboxylic acids is 3. The summed E-state index contributed by atoms with van der Waals surface area (Å²) in [6.45, 7) is 4.59. The zero-order valence-corrected chi connectivity index (χ0v) is 34.7. The number of pyridine rings is 2. The first-order chi connectivity index (χ1) is 28.0. The zero-order chi connectivity index (χ0) is 41.3. The van der Waals surface area contributed by atoms with Gasteiger partial charge in [0.15, 0.2) is 5.78 Å². The third-order valence-electron chi connectivity index (χ3n) is 7.97. The average molecular weight is 856 g/mol. The number of ether oxygens (including phenoxy) is 2. The number of thiophene rings is 2. The van der Waals surface area contributed by atoms with E-state index in [2.05, 4.69) is 20.6 Å². The molecule has 0 aliphatic rings. The van der Waals surface area contributed by atoms with Crippen molar-refractivity contribution in [1.82, 2.24) is 20.6 Å². The van der Waals surface area contributed by atoms with Crippen LogP contribution in [0.25, 0.3) is 33.0 Å². The number of hydrogen-bond donors (Lipinski definition) is 3. The van der Waals surface area contributed by atoms with Gasteiger partial charge in [0.05, 0.1) is 34.1 Å². The van der Waals surface area contributed by atoms with Crippen molar-refractivity contribution in [2.45, 2.75) is 20.0 Å². The lowest BCUT2D eigenvalue weighted by Crippen LogP contribution is -2.26. The molecule has 1 atom stereocenters. The van der Waals surface area contributed by atoms with Crippen LogP contribution < -0.4 is 20.1 Å². The topological polar surface area (TPSA) is 140 Å². The molecule has 2 aromatic carbocycles. The van der Waals surface area contributed by atoms with E-state index in [1.165, 1.54) is 34.8 Å². The molecular formula is C44H40Cl2N4O6S2. The highest BCUT2D eigenvalue weighted by molar-refractivity contribution is 7.17. The van der Waals surface area contributed by atoms with Crippen molar-refractivity contribution in [3.8, 4) is 32.4 Å². The van der Waals surface area contributed by atoms with Crippen LogP contribution in [0.5, 0.6) is 11.5 Å². The van der Waals surface area contributed by atoms with Gasteiger partial charge >= 0.3 is 0 Å². The number of benzene rings is 2. The number of nitrogens with one attached hydrogen (secondary N) is 2. The summed E-state index contributed by atoms with van der Waals surface area (Å²) in [6.07, 6.45) is 12.5. The molecule has 6 aromatic rings. The molecule has 0 saturated carbocycles. The van der Waals surface area contributed by atoms with Gasteiger partial charge in [-0.25, -0.2) is 0 Å². The highest BCUT2D eigenvalue weighted by Crippen LogP contribution is 2.36. The number of carbonyl (C=O) groups is 3. The molecule has 298 valence electrons. The Morgan fingerprint density at radius 3 is 1.64 bits per heavy atom. The van der Waals surface area contributed by atoms with Crippen LogP contribution in [0.1, 0.15) is 45.6 Å². The molecule has 4 heterocycles. The molecule has 2 amide bonds. The number of hydrogen-bond acceptors (Lipinski definition) is 10. The van der Waals surface area contributed by atoms with Crippen LogP contribution >= 0.6 is 45.9 Å². The van der Waals surface area contributed by atoms with Crippen molar-refractivity contribution in [2.24, 2.45) is 0 Å². The van der Waals surface area contributed by atoms with Gasteiger partial charge < -0.3 is 25.2 Å². The summed E-state index contributed by atoms with van der Waals surface area (Å²) in [5, 5.41) is 16.1. The van der Waals surface area contributed by atoms with Gasteiger partial charge in [0.1, 0.15) is 24.7 Å². The van der Waals surface area contributed by atoms with E-state index < -0.39 is 6.10 Å². The maximum absolute atomic E-state index is 11.8. The van der Waals surface area contributed by atoms with Gasteiger partial charge in [0.2, 0.25) is 11.8 Å².